The molecule has 7 heteroatoms. The lowest BCUT2D eigenvalue weighted by atomic mass is 10.1. The molecule has 1 N–H and O–H groups in total. The Labute approximate surface area is 86.9 Å². The van der Waals surface area contributed by atoms with Crippen LogP contribution in [0.1, 0.15) is 11.1 Å². The van der Waals surface area contributed by atoms with E-state index in [0.29, 0.717) is 5.56 Å². The normalized spacial score (nSPS) is 10.9. The first-order valence-corrected chi connectivity index (χ1v) is 5.44. The SMILES string of the molecule is Cc1ccc(S(=O)(=O)O)c(C)c1N=[N+]=[N-]. The number of benzene rings is 1. The highest BCUT2D eigenvalue weighted by molar-refractivity contribution is 7.85. The second kappa shape index (κ2) is 3.90. The lowest BCUT2D eigenvalue weighted by molar-refractivity contribution is 0.482. The average molecular weight is 227 g/mol. The number of azide groups is 1. The molecular formula is C8H9N3O3S. The molecule has 0 fully saturated rings. The van der Waals surface area contributed by atoms with Crippen LogP contribution in [0.2, 0.25) is 0 Å². The van der Waals surface area contributed by atoms with Crippen LogP contribution in [-0.4, -0.2) is 13.0 Å². The van der Waals surface area contributed by atoms with Crippen LogP contribution in [0.3, 0.4) is 0 Å². The first-order valence-electron chi connectivity index (χ1n) is 4.00. The number of nitrogens with zero attached hydrogens (tertiary/aromatic N) is 3. The first-order chi connectivity index (χ1) is 6.88. The Bertz CT molecular complexity index is 544. The van der Waals surface area contributed by atoms with Gasteiger partial charge in [-0.2, -0.15) is 8.42 Å². The van der Waals surface area contributed by atoms with Crippen LogP contribution < -0.4 is 0 Å². The van der Waals surface area contributed by atoms with Crippen LogP contribution in [0, 0.1) is 13.8 Å². The van der Waals surface area contributed by atoms with Gasteiger partial charge in [-0.05, 0) is 36.6 Å². The third kappa shape index (κ3) is 2.27. The fraction of sp³-hybridized carbons (Fsp3) is 0.250. The predicted octanol–water partition coefficient (Wildman–Crippen LogP) is 2.49. The van der Waals surface area contributed by atoms with E-state index in [1.165, 1.54) is 19.1 Å². The van der Waals surface area contributed by atoms with Gasteiger partial charge in [-0.25, -0.2) is 0 Å². The molecule has 0 spiro atoms. The molecule has 0 aliphatic rings. The zero-order valence-electron chi connectivity index (χ0n) is 8.17. The van der Waals surface area contributed by atoms with Gasteiger partial charge in [0.2, 0.25) is 0 Å². The Morgan fingerprint density at radius 3 is 2.47 bits per heavy atom. The largest absolute Gasteiger partial charge is 0.294 e. The van der Waals surface area contributed by atoms with E-state index < -0.39 is 10.1 Å². The van der Waals surface area contributed by atoms with Crippen molar-refractivity contribution in [1.29, 1.82) is 0 Å². The summed E-state index contributed by atoms with van der Waals surface area (Å²) in [6.45, 7) is 3.16. The van der Waals surface area contributed by atoms with Crippen molar-refractivity contribution in [2.24, 2.45) is 5.11 Å². The number of aryl methyl sites for hydroxylation is 1. The van der Waals surface area contributed by atoms with Gasteiger partial charge in [-0.1, -0.05) is 11.2 Å². The standard InChI is InChI=1S/C8H9N3O3S/c1-5-3-4-7(15(12,13)14)6(2)8(5)10-11-9/h3-4H,1-2H3,(H,12,13,14). The summed E-state index contributed by atoms with van der Waals surface area (Å²) in [5.41, 5.74) is 9.43. The minimum absolute atomic E-state index is 0.229. The van der Waals surface area contributed by atoms with Gasteiger partial charge in [0.1, 0.15) is 0 Å². The van der Waals surface area contributed by atoms with Crippen LogP contribution in [-0.2, 0) is 10.1 Å². The van der Waals surface area contributed by atoms with Crippen molar-refractivity contribution in [3.63, 3.8) is 0 Å². The maximum atomic E-state index is 10.9. The van der Waals surface area contributed by atoms with Gasteiger partial charge in [0.15, 0.2) is 0 Å². The third-order valence-electron chi connectivity index (χ3n) is 2.01. The summed E-state index contributed by atoms with van der Waals surface area (Å²) in [6, 6.07) is 2.75. The summed E-state index contributed by atoms with van der Waals surface area (Å²) in [7, 11) is -4.27. The van der Waals surface area contributed by atoms with Crippen molar-refractivity contribution in [1.82, 2.24) is 0 Å². The molecule has 0 aliphatic heterocycles. The highest BCUT2D eigenvalue weighted by Crippen LogP contribution is 2.29. The molecule has 0 aliphatic carbocycles. The highest BCUT2D eigenvalue weighted by atomic mass is 32.2. The van der Waals surface area contributed by atoms with Gasteiger partial charge in [-0.3, -0.25) is 4.55 Å². The van der Waals surface area contributed by atoms with Crippen LogP contribution in [0.4, 0.5) is 5.69 Å². The predicted molar refractivity (Wildman–Crippen MR) is 54.5 cm³/mol. The lowest BCUT2D eigenvalue weighted by Gasteiger charge is -2.07. The van der Waals surface area contributed by atoms with E-state index in [4.69, 9.17) is 10.1 Å². The van der Waals surface area contributed by atoms with Crippen molar-refractivity contribution in [2.45, 2.75) is 18.7 Å². The molecule has 0 aromatic heterocycles. The summed E-state index contributed by atoms with van der Waals surface area (Å²) in [5, 5.41) is 3.38. The van der Waals surface area contributed by atoms with E-state index in [9.17, 15) is 8.42 Å². The van der Waals surface area contributed by atoms with E-state index in [1.54, 1.807) is 6.92 Å². The lowest BCUT2D eigenvalue weighted by Crippen LogP contribution is -2.01. The molecule has 1 aromatic carbocycles. The summed E-state index contributed by atoms with van der Waals surface area (Å²) in [6.07, 6.45) is 0. The molecule has 1 rings (SSSR count). The molecular weight excluding hydrogens is 218 g/mol. The van der Waals surface area contributed by atoms with Gasteiger partial charge < -0.3 is 0 Å². The molecule has 80 valence electrons. The van der Waals surface area contributed by atoms with Crippen molar-refractivity contribution in [3.8, 4) is 0 Å². The highest BCUT2D eigenvalue weighted by Gasteiger charge is 2.15. The molecule has 0 amide bonds. The van der Waals surface area contributed by atoms with Crippen molar-refractivity contribution < 1.29 is 13.0 Å². The Morgan fingerprint density at radius 2 is 2.00 bits per heavy atom. The molecule has 15 heavy (non-hydrogen) atoms. The van der Waals surface area contributed by atoms with Gasteiger partial charge >= 0.3 is 0 Å². The summed E-state index contributed by atoms with van der Waals surface area (Å²) >= 11 is 0. The minimum atomic E-state index is -4.27. The number of rotatable bonds is 2. The Morgan fingerprint density at radius 1 is 1.40 bits per heavy atom. The summed E-state index contributed by atoms with van der Waals surface area (Å²) in [5.74, 6) is 0. The summed E-state index contributed by atoms with van der Waals surface area (Å²) in [4.78, 5) is 2.36. The third-order valence-corrected chi connectivity index (χ3v) is 3.00. The first kappa shape index (κ1) is 11.5. The maximum Gasteiger partial charge on any atom is 0.294 e. The molecule has 6 nitrogen and oxygen atoms in total. The zero-order chi connectivity index (χ0) is 11.6. The van der Waals surface area contributed by atoms with Crippen LogP contribution in [0.15, 0.2) is 22.1 Å². The molecule has 0 bridgehead atoms. The Hall–Kier alpha value is -1.56. The maximum absolute atomic E-state index is 10.9. The number of hydrogen-bond acceptors (Lipinski definition) is 3. The molecule has 0 heterocycles. The minimum Gasteiger partial charge on any atom is -0.282 e. The molecule has 0 unspecified atom stereocenters. The van der Waals surface area contributed by atoms with Gasteiger partial charge in [0.25, 0.3) is 10.1 Å². The van der Waals surface area contributed by atoms with Gasteiger partial charge in [-0.15, -0.1) is 0 Å². The van der Waals surface area contributed by atoms with Crippen molar-refractivity contribution in [2.75, 3.05) is 0 Å². The summed E-state index contributed by atoms with van der Waals surface area (Å²) < 4.78 is 30.8. The van der Waals surface area contributed by atoms with Gasteiger partial charge in [0.05, 0.1) is 4.90 Å². The van der Waals surface area contributed by atoms with Gasteiger partial charge in [0, 0.05) is 10.6 Å². The van der Waals surface area contributed by atoms with Crippen molar-refractivity contribution >= 4 is 15.8 Å². The number of hydrogen-bond donors (Lipinski definition) is 1. The van der Waals surface area contributed by atoms with Crippen LogP contribution in [0.25, 0.3) is 10.4 Å². The molecule has 0 saturated carbocycles. The fourth-order valence-electron chi connectivity index (χ4n) is 1.30. The average Bonchev–Trinajstić information content (AvgIpc) is 2.09. The van der Waals surface area contributed by atoms with Crippen LogP contribution in [0.5, 0.6) is 0 Å². The molecule has 1 aromatic rings. The second-order valence-corrected chi connectivity index (χ2v) is 4.41. The quantitative estimate of drug-likeness (QED) is 0.363. The Kier molecular flexibility index (Phi) is 2.99. The molecule has 0 atom stereocenters. The zero-order valence-corrected chi connectivity index (χ0v) is 8.98. The fourth-order valence-corrected chi connectivity index (χ4v) is 2.02. The van der Waals surface area contributed by atoms with E-state index in [2.05, 4.69) is 10.0 Å². The van der Waals surface area contributed by atoms with E-state index in [-0.39, 0.29) is 16.1 Å². The second-order valence-electron chi connectivity index (χ2n) is 3.02. The Balaban J connectivity index is 3.63. The van der Waals surface area contributed by atoms with Crippen LogP contribution >= 0.6 is 0 Å². The monoisotopic (exact) mass is 227 g/mol. The van der Waals surface area contributed by atoms with E-state index in [1.807, 2.05) is 0 Å². The van der Waals surface area contributed by atoms with E-state index in [0.717, 1.165) is 0 Å². The van der Waals surface area contributed by atoms with E-state index >= 15 is 0 Å². The molecule has 0 radical (unpaired) electrons. The van der Waals surface area contributed by atoms with Crippen molar-refractivity contribution in [3.05, 3.63) is 33.7 Å². The smallest absolute Gasteiger partial charge is 0.282 e. The topological polar surface area (TPSA) is 103 Å². The molecule has 0 saturated heterocycles.